The predicted octanol–water partition coefficient (Wildman–Crippen LogP) is 2.41. The molecule has 82 valence electrons. The van der Waals surface area contributed by atoms with Crippen LogP contribution in [0.2, 0.25) is 0 Å². The second-order valence-electron chi connectivity index (χ2n) is 3.40. The molecule has 3 heteroatoms. The van der Waals surface area contributed by atoms with Crippen molar-refractivity contribution < 1.29 is 9.47 Å². The zero-order chi connectivity index (χ0) is 11.1. The van der Waals surface area contributed by atoms with Crippen molar-refractivity contribution in [2.75, 3.05) is 19.5 Å². The Morgan fingerprint density at radius 1 is 1.33 bits per heavy atom. The monoisotopic (exact) mass is 208 g/mol. The normalized spacial score (nSPS) is 10.2. The maximum Gasteiger partial charge on any atom is 0.213 e. The predicted molar refractivity (Wildman–Crippen MR) is 61.7 cm³/mol. The third-order valence-corrected chi connectivity index (χ3v) is 2.36. The molecule has 0 aromatic heterocycles. The van der Waals surface area contributed by atoms with E-state index in [0.29, 0.717) is 6.61 Å². The molecule has 0 spiro atoms. The summed E-state index contributed by atoms with van der Waals surface area (Å²) in [5.41, 5.74) is 7.82. The molecule has 0 saturated carbocycles. The number of unbranched alkanes of at least 4 members (excludes halogenated alkanes) is 1. The summed E-state index contributed by atoms with van der Waals surface area (Å²) in [4.78, 5) is 0. The van der Waals surface area contributed by atoms with Crippen molar-refractivity contribution in [1.29, 1.82) is 0 Å². The van der Waals surface area contributed by atoms with Crippen LogP contribution in [0.3, 0.4) is 0 Å². The van der Waals surface area contributed by atoms with Crippen molar-refractivity contribution in [2.24, 2.45) is 0 Å². The smallest absolute Gasteiger partial charge is 0.213 e. The van der Waals surface area contributed by atoms with E-state index >= 15 is 0 Å². The quantitative estimate of drug-likeness (QED) is 0.443. The van der Waals surface area contributed by atoms with Gasteiger partial charge in [-0.15, -0.1) is 0 Å². The van der Waals surface area contributed by atoms with Crippen LogP contribution in [0.5, 0.6) is 5.75 Å². The third kappa shape index (κ3) is 3.36. The van der Waals surface area contributed by atoms with Gasteiger partial charge in [-0.3, -0.25) is 0 Å². The van der Waals surface area contributed by atoms with Crippen LogP contribution in [0.4, 0.5) is 5.69 Å². The first-order valence-electron chi connectivity index (χ1n) is 5.08. The lowest BCUT2D eigenvalue weighted by atomic mass is 10.1. The molecule has 0 atom stereocenters. The van der Waals surface area contributed by atoms with Gasteiger partial charge in [0, 0.05) is 0 Å². The number of rotatable bonds is 6. The van der Waals surface area contributed by atoms with E-state index in [2.05, 4.69) is 7.11 Å². The van der Waals surface area contributed by atoms with Gasteiger partial charge < -0.3 is 10.5 Å². The van der Waals surface area contributed by atoms with Gasteiger partial charge in [-0.2, -0.15) is 4.74 Å². The fraction of sp³-hybridized carbons (Fsp3) is 0.417. The minimum absolute atomic E-state index is 0.698. The van der Waals surface area contributed by atoms with E-state index in [1.54, 1.807) is 7.11 Å². The first kappa shape index (κ1) is 11.7. The molecular formula is C12H18NO2+. The summed E-state index contributed by atoms with van der Waals surface area (Å²) in [6, 6.07) is 5.86. The highest BCUT2D eigenvalue weighted by atomic mass is 16.5. The molecule has 0 aliphatic heterocycles. The summed E-state index contributed by atoms with van der Waals surface area (Å²) in [6.07, 6.45) is 3.00. The highest BCUT2D eigenvalue weighted by Gasteiger charge is 2.04. The molecule has 0 aliphatic rings. The number of methoxy groups -OCH3 is 1. The summed E-state index contributed by atoms with van der Waals surface area (Å²) in [5.74, 6) is 0.751. The second kappa shape index (κ2) is 6.19. The van der Waals surface area contributed by atoms with Gasteiger partial charge >= 0.3 is 0 Å². The first-order chi connectivity index (χ1) is 7.29. The van der Waals surface area contributed by atoms with E-state index < -0.39 is 0 Å². The van der Waals surface area contributed by atoms with Crippen LogP contribution in [0.15, 0.2) is 18.2 Å². The van der Waals surface area contributed by atoms with Crippen LogP contribution in [-0.4, -0.2) is 13.7 Å². The zero-order valence-electron chi connectivity index (χ0n) is 9.16. The molecule has 0 fully saturated rings. The number of hydrogen-bond donors (Lipinski definition) is 1. The zero-order valence-corrected chi connectivity index (χ0v) is 9.16. The molecule has 1 aromatic carbocycles. The number of aryl methyl sites for hydroxylation is 1. The molecule has 1 aromatic rings. The van der Waals surface area contributed by atoms with Crippen molar-refractivity contribution in [3.05, 3.63) is 30.9 Å². The number of anilines is 1. The summed E-state index contributed by atoms with van der Waals surface area (Å²) in [6.45, 7) is 0.698. The van der Waals surface area contributed by atoms with E-state index in [4.69, 9.17) is 15.2 Å². The van der Waals surface area contributed by atoms with Crippen LogP contribution in [0.25, 0.3) is 0 Å². The molecule has 0 amide bonds. The molecule has 3 nitrogen and oxygen atoms in total. The van der Waals surface area contributed by atoms with Crippen LogP contribution in [0.1, 0.15) is 18.4 Å². The Bertz CT molecular complexity index is 300. The van der Waals surface area contributed by atoms with E-state index in [1.807, 2.05) is 18.2 Å². The van der Waals surface area contributed by atoms with Gasteiger partial charge in [-0.25, -0.2) is 0 Å². The summed E-state index contributed by atoms with van der Waals surface area (Å²) in [7, 11) is 4.96. The van der Waals surface area contributed by atoms with Crippen molar-refractivity contribution in [3.8, 4) is 5.75 Å². The SMILES string of the molecule is [CH2+]OCCCCc1cccc(OC)c1N. The number of ether oxygens (including phenoxy) is 2. The van der Waals surface area contributed by atoms with Gasteiger partial charge in [0.25, 0.3) is 0 Å². The van der Waals surface area contributed by atoms with E-state index in [0.717, 1.165) is 36.3 Å². The van der Waals surface area contributed by atoms with Crippen LogP contribution in [0, 0.1) is 7.11 Å². The molecule has 1 rings (SSSR count). The Morgan fingerprint density at radius 3 is 2.80 bits per heavy atom. The van der Waals surface area contributed by atoms with Gasteiger partial charge in [0.15, 0.2) is 0 Å². The van der Waals surface area contributed by atoms with Gasteiger partial charge in [-0.1, -0.05) is 12.1 Å². The van der Waals surface area contributed by atoms with Crippen LogP contribution in [-0.2, 0) is 11.2 Å². The average molecular weight is 208 g/mol. The Labute approximate surface area is 91.2 Å². The summed E-state index contributed by atoms with van der Waals surface area (Å²) in [5, 5.41) is 0. The van der Waals surface area contributed by atoms with Gasteiger partial charge in [0.1, 0.15) is 5.75 Å². The lowest BCUT2D eigenvalue weighted by Crippen LogP contribution is -1.99. The molecule has 0 radical (unpaired) electrons. The molecular weight excluding hydrogens is 190 g/mol. The third-order valence-electron chi connectivity index (χ3n) is 2.36. The van der Waals surface area contributed by atoms with E-state index in [1.165, 1.54) is 0 Å². The maximum atomic E-state index is 5.94. The summed E-state index contributed by atoms with van der Waals surface area (Å²) < 4.78 is 9.90. The van der Waals surface area contributed by atoms with Gasteiger partial charge in [-0.05, 0) is 30.9 Å². The Balaban J connectivity index is 2.53. The molecule has 0 aliphatic carbocycles. The lowest BCUT2D eigenvalue weighted by molar-refractivity contribution is 0.235. The van der Waals surface area contributed by atoms with Crippen molar-refractivity contribution >= 4 is 5.69 Å². The van der Waals surface area contributed by atoms with Crippen LogP contribution < -0.4 is 10.5 Å². The number of para-hydroxylation sites is 1. The maximum absolute atomic E-state index is 5.94. The number of hydrogen-bond acceptors (Lipinski definition) is 3. The molecule has 0 saturated heterocycles. The number of benzene rings is 1. The Kier molecular flexibility index (Phi) is 4.84. The fourth-order valence-corrected chi connectivity index (χ4v) is 1.51. The van der Waals surface area contributed by atoms with Crippen molar-refractivity contribution in [1.82, 2.24) is 0 Å². The van der Waals surface area contributed by atoms with Crippen molar-refractivity contribution in [2.45, 2.75) is 19.3 Å². The standard InChI is InChI=1S/C12H18NO2/c1-14-9-4-3-6-10-7-5-8-11(15-2)12(10)13/h5,7-8H,1,3-4,6,9,13H2,2H3/q+1. The van der Waals surface area contributed by atoms with Crippen molar-refractivity contribution in [3.63, 3.8) is 0 Å². The largest absolute Gasteiger partial charge is 0.495 e. The minimum Gasteiger partial charge on any atom is -0.495 e. The molecule has 0 heterocycles. The molecule has 0 unspecified atom stereocenters. The van der Waals surface area contributed by atoms with E-state index in [-0.39, 0.29) is 0 Å². The van der Waals surface area contributed by atoms with Gasteiger partial charge in [0.2, 0.25) is 7.11 Å². The Morgan fingerprint density at radius 2 is 2.13 bits per heavy atom. The average Bonchev–Trinajstić information content (AvgIpc) is 2.26. The Hall–Kier alpha value is -1.35. The lowest BCUT2D eigenvalue weighted by Gasteiger charge is -2.09. The molecule has 2 N–H and O–H groups in total. The number of nitrogens with two attached hydrogens (primary N) is 1. The highest BCUT2D eigenvalue weighted by molar-refractivity contribution is 5.58. The highest BCUT2D eigenvalue weighted by Crippen LogP contribution is 2.25. The molecule has 0 bridgehead atoms. The number of nitrogen functional groups attached to an aromatic ring is 1. The molecule has 15 heavy (non-hydrogen) atoms. The van der Waals surface area contributed by atoms with E-state index in [9.17, 15) is 0 Å². The minimum atomic E-state index is 0.698. The first-order valence-corrected chi connectivity index (χ1v) is 5.08. The summed E-state index contributed by atoms with van der Waals surface area (Å²) >= 11 is 0. The topological polar surface area (TPSA) is 44.5 Å². The van der Waals surface area contributed by atoms with Crippen LogP contribution >= 0.6 is 0 Å². The van der Waals surface area contributed by atoms with Gasteiger partial charge in [0.05, 0.1) is 19.4 Å². The second-order valence-corrected chi connectivity index (χ2v) is 3.40. The fourth-order valence-electron chi connectivity index (χ4n) is 1.51.